The van der Waals surface area contributed by atoms with Gasteiger partial charge < -0.3 is 9.64 Å². The van der Waals surface area contributed by atoms with E-state index in [-0.39, 0.29) is 11.5 Å². The van der Waals surface area contributed by atoms with Gasteiger partial charge in [0.15, 0.2) is 0 Å². The van der Waals surface area contributed by atoms with Gasteiger partial charge in [-0.1, -0.05) is 19.1 Å². The van der Waals surface area contributed by atoms with Crippen LogP contribution in [0.1, 0.15) is 43.4 Å². The number of likely N-dealkylation sites (tertiary alicyclic amines) is 1. The normalized spacial score (nSPS) is 17.1. The molecule has 1 saturated heterocycles. The van der Waals surface area contributed by atoms with Crippen LogP contribution in [0.5, 0.6) is 0 Å². The molecule has 0 bridgehead atoms. The van der Waals surface area contributed by atoms with Crippen molar-refractivity contribution in [3.05, 3.63) is 34.9 Å². The molecule has 1 aliphatic heterocycles. The topological polar surface area (TPSA) is 53.3 Å². The van der Waals surface area contributed by atoms with Crippen molar-refractivity contribution >= 4 is 6.09 Å². The summed E-state index contributed by atoms with van der Waals surface area (Å²) in [5.74, 6) is 0. The van der Waals surface area contributed by atoms with Crippen molar-refractivity contribution < 1.29 is 9.53 Å². The van der Waals surface area contributed by atoms with E-state index >= 15 is 0 Å². The summed E-state index contributed by atoms with van der Waals surface area (Å²) < 4.78 is 5.05. The van der Waals surface area contributed by atoms with Crippen LogP contribution in [-0.2, 0) is 10.2 Å². The third-order valence-electron chi connectivity index (χ3n) is 4.34. The van der Waals surface area contributed by atoms with Crippen molar-refractivity contribution in [2.24, 2.45) is 0 Å². The number of benzene rings is 1. The fraction of sp³-hybridized carbons (Fsp3) is 0.529. The number of nitrogens with zero attached hydrogens (tertiary/aromatic N) is 2. The minimum absolute atomic E-state index is 0.0538. The summed E-state index contributed by atoms with van der Waals surface area (Å²) in [5, 5.41) is 9.36. The van der Waals surface area contributed by atoms with Crippen LogP contribution in [0.4, 0.5) is 4.79 Å². The number of piperidine rings is 1. The van der Waals surface area contributed by atoms with Gasteiger partial charge in [-0.2, -0.15) is 5.26 Å². The quantitative estimate of drug-likeness (QED) is 0.837. The fourth-order valence-corrected chi connectivity index (χ4v) is 2.94. The van der Waals surface area contributed by atoms with Crippen molar-refractivity contribution in [1.82, 2.24) is 4.90 Å². The Morgan fingerprint density at radius 3 is 2.67 bits per heavy atom. The highest BCUT2D eigenvalue weighted by Crippen LogP contribution is 2.37. The van der Waals surface area contributed by atoms with Crippen LogP contribution in [0.3, 0.4) is 0 Å². The molecule has 4 nitrogen and oxygen atoms in total. The largest absolute Gasteiger partial charge is 0.450 e. The van der Waals surface area contributed by atoms with Crippen LogP contribution < -0.4 is 0 Å². The molecule has 0 saturated carbocycles. The number of hydrogen-bond acceptors (Lipinski definition) is 3. The number of ether oxygens (including phenoxy) is 1. The molecule has 0 unspecified atom stereocenters. The lowest BCUT2D eigenvalue weighted by molar-refractivity contribution is 0.0885. The molecule has 1 aliphatic rings. The Kier molecular flexibility index (Phi) is 4.52. The minimum Gasteiger partial charge on any atom is -0.450 e. The van der Waals surface area contributed by atoms with E-state index in [1.165, 1.54) is 0 Å². The van der Waals surface area contributed by atoms with Crippen molar-refractivity contribution in [3.8, 4) is 6.07 Å². The molecule has 112 valence electrons. The van der Waals surface area contributed by atoms with Crippen LogP contribution in [-0.4, -0.2) is 30.7 Å². The van der Waals surface area contributed by atoms with Gasteiger partial charge in [0, 0.05) is 13.1 Å². The number of amides is 1. The lowest BCUT2D eigenvalue weighted by Crippen LogP contribution is -2.44. The summed E-state index contributed by atoms with van der Waals surface area (Å²) in [6.45, 7) is 7.75. The molecule has 1 aromatic rings. The third kappa shape index (κ3) is 3.18. The molecular formula is C17H22N2O2. The average molecular weight is 286 g/mol. The summed E-state index contributed by atoms with van der Waals surface area (Å²) in [6, 6.07) is 8.37. The van der Waals surface area contributed by atoms with Crippen molar-refractivity contribution in [1.29, 1.82) is 5.26 Å². The number of carbonyl (C=O) groups is 1. The second-order valence-corrected chi connectivity index (χ2v) is 5.91. The van der Waals surface area contributed by atoms with Crippen LogP contribution in [0.15, 0.2) is 18.2 Å². The van der Waals surface area contributed by atoms with Gasteiger partial charge in [0.2, 0.25) is 0 Å². The van der Waals surface area contributed by atoms with Crippen LogP contribution >= 0.6 is 0 Å². The predicted molar refractivity (Wildman–Crippen MR) is 81.1 cm³/mol. The van der Waals surface area contributed by atoms with Crippen molar-refractivity contribution in [3.63, 3.8) is 0 Å². The lowest BCUT2D eigenvalue weighted by Gasteiger charge is -2.39. The van der Waals surface area contributed by atoms with E-state index in [1.807, 2.05) is 19.9 Å². The van der Waals surface area contributed by atoms with Gasteiger partial charge in [-0.3, -0.25) is 0 Å². The molecule has 0 aliphatic carbocycles. The van der Waals surface area contributed by atoms with Gasteiger partial charge in [-0.15, -0.1) is 0 Å². The van der Waals surface area contributed by atoms with Gasteiger partial charge in [0.05, 0.1) is 18.2 Å². The van der Waals surface area contributed by atoms with Crippen molar-refractivity contribution in [2.75, 3.05) is 19.7 Å². The van der Waals surface area contributed by atoms with E-state index in [4.69, 9.17) is 4.74 Å². The number of nitriles is 1. The maximum absolute atomic E-state index is 11.8. The molecule has 1 fully saturated rings. The molecule has 1 aromatic carbocycles. The third-order valence-corrected chi connectivity index (χ3v) is 4.34. The Morgan fingerprint density at radius 1 is 1.43 bits per heavy atom. The molecule has 0 aromatic heterocycles. The second-order valence-electron chi connectivity index (χ2n) is 5.91. The zero-order valence-electron chi connectivity index (χ0n) is 13.0. The number of carbonyl (C=O) groups excluding carboxylic acids is 1. The Labute approximate surface area is 126 Å². The monoisotopic (exact) mass is 286 g/mol. The first-order valence-corrected chi connectivity index (χ1v) is 7.43. The van der Waals surface area contributed by atoms with Gasteiger partial charge in [0.1, 0.15) is 0 Å². The summed E-state index contributed by atoms with van der Waals surface area (Å²) in [7, 11) is 0. The SMILES string of the molecule is CCOC(=O)N1CCC(C)(c2ccc(C)cc2C#N)CC1. The average Bonchev–Trinajstić information content (AvgIpc) is 2.47. The summed E-state index contributed by atoms with van der Waals surface area (Å²) >= 11 is 0. The molecule has 0 radical (unpaired) electrons. The highest BCUT2D eigenvalue weighted by Gasteiger charge is 2.35. The van der Waals surface area contributed by atoms with Gasteiger partial charge in [-0.25, -0.2) is 4.79 Å². The zero-order valence-corrected chi connectivity index (χ0v) is 13.0. The smallest absolute Gasteiger partial charge is 0.409 e. The summed E-state index contributed by atoms with van der Waals surface area (Å²) in [6.07, 6.45) is 1.47. The molecule has 21 heavy (non-hydrogen) atoms. The van der Waals surface area contributed by atoms with E-state index in [0.29, 0.717) is 19.7 Å². The van der Waals surface area contributed by atoms with Crippen LogP contribution in [0.25, 0.3) is 0 Å². The van der Waals surface area contributed by atoms with E-state index in [2.05, 4.69) is 25.1 Å². The molecule has 0 atom stereocenters. The zero-order chi connectivity index (χ0) is 15.5. The van der Waals surface area contributed by atoms with Crippen LogP contribution in [0.2, 0.25) is 0 Å². The predicted octanol–water partition coefficient (Wildman–Crippen LogP) is 3.38. The standard InChI is InChI=1S/C17H22N2O2/c1-4-21-16(20)19-9-7-17(3,8-10-19)15-6-5-13(2)11-14(15)12-18/h5-6,11H,4,7-10H2,1-3H3. The van der Waals surface area contributed by atoms with E-state index in [0.717, 1.165) is 29.5 Å². The van der Waals surface area contributed by atoms with E-state index < -0.39 is 0 Å². The minimum atomic E-state index is -0.232. The Morgan fingerprint density at radius 2 is 2.10 bits per heavy atom. The number of hydrogen-bond donors (Lipinski definition) is 0. The molecule has 2 rings (SSSR count). The maximum atomic E-state index is 11.8. The number of aryl methyl sites for hydroxylation is 1. The second kappa shape index (κ2) is 6.17. The highest BCUT2D eigenvalue weighted by molar-refractivity contribution is 5.67. The summed E-state index contributed by atoms with van der Waals surface area (Å²) in [5.41, 5.74) is 2.89. The van der Waals surface area contributed by atoms with Gasteiger partial charge in [-0.05, 0) is 49.3 Å². The first-order chi connectivity index (χ1) is 10.00. The van der Waals surface area contributed by atoms with E-state index in [9.17, 15) is 10.1 Å². The molecule has 0 spiro atoms. The molecule has 1 amide bonds. The first kappa shape index (κ1) is 15.4. The Balaban J connectivity index is 2.16. The molecule has 0 N–H and O–H groups in total. The van der Waals surface area contributed by atoms with Crippen molar-refractivity contribution in [2.45, 2.75) is 39.0 Å². The maximum Gasteiger partial charge on any atom is 0.409 e. The highest BCUT2D eigenvalue weighted by atomic mass is 16.6. The molecule has 4 heteroatoms. The molecule has 1 heterocycles. The van der Waals surface area contributed by atoms with Crippen LogP contribution in [0, 0.1) is 18.3 Å². The lowest BCUT2D eigenvalue weighted by atomic mass is 9.73. The fourth-order valence-electron chi connectivity index (χ4n) is 2.94. The van der Waals surface area contributed by atoms with Gasteiger partial charge in [0.25, 0.3) is 0 Å². The Bertz CT molecular complexity index is 567. The van der Waals surface area contributed by atoms with Gasteiger partial charge >= 0.3 is 6.09 Å². The number of rotatable bonds is 2. The molecular weight excluding hydrogens is 264 g/mol. The van der Waals surface area contributed by atoms with E-state index in [1.54, 1.807) is 4.90 Å². The first-order valence-electron chi connectivity index (χ1n) is 7.43. The summed E-state index contributed by atoms with van der Waals surface area (Å²) in [4.78, 5) is 13.5. The Hall–Kier alpha value is -2.02.